The first-order valence-electron chi connectivity index (χ1n) is 8.40. The van der Waals surface area contributed by atoms with E-state index in [1.807, 2.05) is 11.3 Å². The van der Waals surface area contributed by atoms with Crippen LogP contribution in [-0.4, -0.2) is 55.6 Å². The minimum Gasteiger partial charge on any atom is -0.316 e. The molecule has 2 saturated heterocycles. The Morgan fingerprint density at radius 3 is 2.41 bits per heavy atom. The lowest BCUT2D eigenvalue weighted by atomic mass is 9.89. The van der Waals surface area contributed by atoms with Crippen molar-refractivity contribution in [2.45, 2.75) is 33.2 Å². The van der Waals surface area contributed by atoms with Gasteiger partial charge in [-0.3, -0.25) is 4.90 Å². The molecule has 2 aliphatic rings. The third-order valence-electron chi connectivity index (χ3n) is 4.97. The molecule has 0 saturated carbocycles. The molecule has 0 aliphatic carbocycles. The number of nitrogens with zero attached hydrogens (tertiary/aromatic N) is 2. The minimum atomic E-state index is 0. The van der Waals surface area contributed by atoms with E-state index in [-0.39, 0.29) is 12.4 Å². The summed E-state index contributed by atoms with van der Waals surface area (Å²) < 4.78 is 0. The lowest BCUT2D eigenvalue weighted by molar-refractivity contribution is 0.0938. The lowest BCUT2D eigenvalue weighted by Gasteiger charge is -2.38. The maximum Gasteiger partial charge on any atom is 0.0329 e. The minimum absolute atomic E-state index is 0. The zero-order chi connectivity index (χ0) is 14.7. The molecular formula is C17H30ClN3S. The highest BCUT2D eigenvalue weighted by Crippen LogP contribution is 2.26. The highest BCUT2D eigenvalue weighted by Gasteiger charge is 2.31. The van der Waals surface area contributed by atoms with Crippen molar-refractivity contribution in [3.8, 4) is 0 Å². The van der Waals surface area contributed by atoms with Crippen molar-refractivity contribution in [3.63, 3.8) is 0 Å². The Labute approximate surface area is 145 Å². The molecule has 2 aliphatic heterocycles. The molecule has 1 atom stereocenters. The predicted octanol–water partition coefficient (Wildman–Crippen LogP) is 2.85. The average Bonchev–Trinajstić information content (AvgIpc) is 3.10. The Kier molecular flexibility index (Phi) is 6.72. The van der Waals surface area contributed by atoms with Gasteiger partial charge in [0, 0.05) is 55.6 Å². The summed E-state index contributed by atoms with van der Waals surface area (Å²) >= 11 is 1.99. The van der Waals surface area contributed by atoms with Crippen molar-refractivity contribution >= 4 is 23.7 Å². The number of thiophene rings is 1. The lowest BCUT2D eigenvalue weighted by Crippen LogP contribution is -2.49. The average molecular weight is 344 g/mol. The molecule has 0 amide bonds. The maximum atomic E-state index is 3.52. The summed E-state index contributed by atoms with van der Waals surface area (Å²) in [4.78, 5) is 8.35. The summed E-state index contributed by atoms with van der Waals surface area (Å²) in [5.41, 5.74) is 0.506. The predicted molar refractivity (Wildman–Crippen MR) is 98.3 cm³/mol. The van der Waals surface area contributed by atoms with Crippen molar-refractivity contribution in [1.29, 1.82) is 0 Å². The molecular weight excluding hydrogens is 314 g/mol. The Balaban J connectivity index is 0.00000176. The van der Waals surface area contributed by atoms with Crippen LogP contribution in [0.4, 0.5) is 0 Å². The maximum absolute atomic E-state index is 3.52. The molecule has 5 heteroatoms. The van der Waals surface area contributed by atoms with Gasteiger partial charge in [0.15, 0.2) is 0 Å². The molecule has 22 heavy (non-hydrogen) atoms. The van der Waals surface area contributed by atoms with Gasteiger partial charge < -0.3 is 10.2 Å². The summed E-state index contributed by atoms with van der Waals surface area (Å²) in [6.45, 7) is 14.4. The molecule has 126 valence electrons. The molecule has 0 bridgehead atoms. The highest BCUT2D eigenvalue weighted by atomic mass is 35.5. The van der Waals surface area contributed by atoms with Gasteiger partial charge in [0.2, 0.25) is 0 Å². The Hall–Kier alpha value is -0.130. The van der Waals surface area contributed by atoms with Crippen LogP contribution in [0, 0.1) is 5.41 Å². The normalized spacial score (nSPS) is 27.0. The second-order valence-corrected chi connectivity index (χ2v) is 8.26. The van der Waals surface area contributed by atoms with Crippen molar-refractivity contribution in [1.82, 2.24) is 15.1 Å². The zero-order valence-corrected chi connectivity index (χ0v) is 15.6. The molecule has 2 fully saturated rings. The van der Waals surface area contributed by atoms with Crippen LogP contribution in [0.3, 0.4) is 0 Å². The van der Waals surface area contributed by atoms with E-state index in [0.29, 0.717) is 5.41 Å². The van der Waals surface area contributed by atoms with Gasteiger partial charge in [0.1, 0.15) is 0 Å². The van der Waals surface area contributed by atoms with E-state index in [9.17, 15) is 0 Å². The van der Waals surface area contributed by atoms with Crippen LogP contribution < -0.4 is 5.32 Å². The fraction of sp³-hybridized carbons (Fsp3) is 0.765. The number of nitrogens with one attached hydrogen (secondary N) is 1. The largest absolute Gasteiger partial charge is 0.316 e. The van der Waals surface area contributed by atoms with E-state index in [2.05, 4.69) is 41.1 Å². The Bertz CT molecular complexity index is 449. The zero-order valence-electron chi connectivity index (χ0n) is 13.9. The van der Waals surface area contributed by atoms with Gasteiger partial charge in [0.25, 0.3) is 0 Å². The number of halogens is 1. The third-order valence-corrected chi connectivity index (χ3v) is 6.19. The Morgan fingerprint density at radius 2 is 1.82 bits per heavy atom. The standard InChI is InChI=1S/C17H29N3S.ClH/c1-3-15-4-5-16(21-15)12-19-8-10-20(11-9-19)14-17(2)6-7-18-13-17;/h4-5,18H,3,6-14H2,1-2H3;1H. The third kappa shape index (κ3) is 4.68. The van der Waals surface area contributed by atoms with E-state index in [4.69, 9.17) is 0 Å². The van der Waals surface area contributed by atoms with Crippen LogP contribution in [0.2, 0.25) is 0 Å². The first kappa shape index (κ1) is 18.2. The summed E-state index contributed by atoms with van der Waals surface area (Å²) in [7, 11) is 0. The monoisotopic (exact) mass is 343 g/mol. The molecule has 3 heterocycles. The molecule has 3 nitrogen and oxygen atoms in total. The summed E-state index contributed by atoms with van der Waals surface area (Å²) in [5.74, 6) is 0. The molecule has 0 spiro atoms. The Morgan fingerprint density at radius 1 is 1.14 bits per heavy atom. The van der Waals surface area contributed by atoms with Crippen molar-refractivity contribution < 1.29 is 0 Å². The summed E-state index contributed by atoms with van der Waals surface area (Å²) in [5, 5.41) is 3.52. The molecule has 1 unspecified atom stereocenters. The molecule has 1 N–H and O–H groups in total. The fourth-order valence-electron chi connectivity index (χ4n) is 3.57. The van der Waals surface area contributed by atoms with Crippen LogP contribution in [-0.2, 0) is 13.0 Å². The fourth-order valence-corrected chi connectivity index (χ4v) is 4.57. The van der Waals surface area contributed by atoms with Crippen LogP contribution in [0.5, 0.6) is 0 Å². The number of rotatable bonds is 5. The van der Waals surface area contributed by atoms with Crippen molar-refractivity contribution in [2.24, 2.45) is 5.41 Å². The van der Waals surface area contributed by atoms with Gasteiger partial charge in [-0.25, -0.2) is 0 Å². The van der Waals surface area contributed by atoms with E-state index >= 15 is 0 Å². The van der Waals surface area contributed by atoms with Crippen LogP contribution >= 0.6 is 23.7 Å². The van der Waals surface area contributed by atoms with Gasteiger partial charge in [-0.15, -0.1) is 23.7 Å². The van der Waals surface area contributed by atoms with E-state index in [1.165, 1.54) is 68.4 Å². The van der Waals surface area contributed by atoms with Crippen LogP contribution in [0.15, 0.2) is 12.1 Å². The first-order valence-corrected chi connectivity index (χ1v) is 9.21. The molecule has 1 aromatic rings. The van der Waals surface area contributed by atoms with Crippen LogP contribution in [0.25, 0.3) is 0 Å². The quantitative estimate of drug-likeness (QED) is 0.886. The SMILES string of the molecule is CCc1ccc(CN2CCN(CC3(C)CCNC3)CC2)s1.Cl. The smallest absolute Gasteiger partial charge is 0.0329 e. The molecule has 1 aromatic heterocycles. The van der Waals surface area contributed by atoms with Crippen molar-refractivity contribution in [2.75, 3.05) is 45.8 Å². The highest BCUT2D eigenvalue weighted by molar-refractivity contribution is 7.11. The first-order chi connectivity index (χ1) is 10.2. The molecule has 0 radical (unpaired) electrons. The second-order valence-electron chi connectivity index (χ2n) is 7.01. The van der Waals surface area contributed by atoms with Crippen LogP contribution in [0.1, 0.15) is 30.0 Å². The number of piperazine rings is 1. The molecule has 0 aromatic carbocycles. The molecule has 3 rings (SSSR count). The van der Waals surface area contributed by atoms with Gasteiger partial charge in [-0.1, -0.05) is 13.8 Å². The second kappa shape index (κ2) is 8.11. The van der Waals surface area contributed by atoms with Crippen molar-refractivity contribution in [3.05, 3.63) is 21.9 Å². The summed E-state index contributed by atoms with van der Waals surface area (Å²) in [6.07, 6.45) is 2.51. The summed E-state index contributed by atoms with van der Waals surface area (Å²) in [6, 6.07) is 4.62. The van der Waals surface area contributed by atoms with Gasteiger partial charge in [0.05, 0.1) is 0 Å². The van der Waals surface area contributed by atoms with Gasteiger partial charge in [-0.2, -0.15) is 0 Å². The number of hydrogen-bond acceptors (Lipinski definition) is 4. The topological polar surface area (TPSA) is 18.5 Å². The number of hydrogen-bond donors (Lipinski definition) is 1. The number of aryl methyl sites for hydroxylation is 1. The van der Waals surface area contributed by atoms with E-state index in [0.717, 1.165) is 6.54 Å². The van der Waals surface area contributed by atoms with Gasteiger partial charge in [-0.05, 0) is 36.9 Å². The van der Waals surface area contributed by atoms with Gasteiger partial charge >= 0.3 is 0 Å². The van der Waals surface area contributed by atoms with E-state index in [1.54, 1.807) is 0 Å². The van der Waals surface area contributed by atoms with E-state index < -0.39 is 0 Å².